The van der Waals surface area contributed by atoms with Gasteiger partial charge in [-0.3, -0.25) is 0 Å². The van der Waals surface area contributed by atoms with E-state index in [1.165, 1.54) is 35.1 Å². The normalized spacial score (nSPS) is 22.9. The van der Waals surface area contributed by atoms with Crippen molar-refractivity contribution in [1.29, 1.82) is 0 Å². The lowest BCUT2D eigenvalue weighted by molar-refractivity contribution is 0.390. The Kier molecular flexibility index (Phi) is 6.12. The number of rotatable bonds is 5. The van der Waals surface area contributed by atoms with Crippen LogP contribution in [0.5, 0.6) is 0 Å². The van der Waals surface area contributed by atoms with E-state index in [1.54, 1.807) is 0 Å². The fourth-order valence-corrected chi connectivity index (χ4v) is 3.68. The van der Waals surface area contributed by atoms with Gasteiger partial charge in [-0.2, -0.15) is 0 Å². The van der Waals surface area contributed by atoms with Gasteiger partial charge in [-0.1, -0.05) is 26.8 Å². The number of hydrogen-bond acceptors (Lipinski definition) is 2. The van der Waals surface area contributed by atoms with E-state index < -0.39 is 0 Å². The molecule has 1 N–H and O–H groups in total. The molecule has 1 saturated heterocycles. The zero-order valence-corrected chi connectivity index (χ0v) is 15.4. The smallest absolute Gasteiger partial charge is 0.0513 e. The van der Waals surface area contributed by atoms with Crippen molar-refractivity contribution in [3.05, 3.63) is 28.2 Å². The zero-order valence-electron chi connectivity index (χ0n) is 13.8. The molecule has 21 heavy (non-hydrogen) atoms. The lowest BCUT2D eigenvalue weighted by Gasteiger charge is -2.39. The van der Waals surface area contributed by atoms with Crippen molar-refractivity contribution in [3.8, 4) is 0 Å². The van der Waals surface area contributed by atoms with Crippen LogP contribution >= 0.6 is 15.9 Å². The molecular formula is C18H29BrN2. The Labute approximate surface area is 138 Å². The van der Waals surface area contributed by atoms with Crippen molar-refractivity contribution >= 4 is 21.6 Å². The summed E-state index contributed by atoms with van der Waals surface area (Å²) < 4.78 is 1.23. The number of hydrogen-bond donors (Lipinski definition) is 1. The van der Waals surface area contributed by atoms with Gasteiger partial charge in [0.05, 0.1) is 5.69 Å². The Morgan fingerprint density at radius 1 is 1.29 bits per heavy atom. The maximum atomic E-state index is 3.78. The molecule has 1 heterocycles. The third-order valence-corrected chi connectivity index (χ3v) is 4.96. The maximum Gasteiger partial charge on any atom is 0.0513 e. The second-order valence-corrected chi connectivity index (χ2v) is 7.85. The van der Waals surface area contributed by atoms with Crippen LogP contribution in [0.1, 0.15) is 46.1 Å². The molecule has 0 radical (unpaired) electrons. The molecule has 0 saturated carbocycles. The van der Waals surface area contributed by atoms with E-state index in [0.717, 1.165) is 19.0 Å². The van der Waals surface area contributed by atoms with E-state index in [-0.39, 0.29) is 0 Å². The van der Waals surface area contributed by atoms with Gasteiger partial charge in [0.2, 0.25) is 0 Å². The highest BCUT2D eigenvalue weighted by atomic mass is 79.9. The monoisotopic (exact) mass is 352 g/mol. The topological polar surface area (TPSA) is 15.3 Å². The lowest BCUT2D eigenvalue weighted by atomic mass is 9.94. The molecule has 0 aliphatic carbocycles. The van der Waals surface area contributed by atoms with E-state index in [4.69, 9.17) is 0 Å². The average Bonchev–Trinajstić information content (AvgIpc) is 2.42. The van der Waals surface area contributed by atoms with Crippen LogP contribution in [0.3, 0.4) is 0 Å². The summed E-state index contributed by atoms with van der Waals surface area (Å²) in [6, 6.07) is 7.46. The molecular weight excluding hydrogens is 324 g/mol. The highest BCUT2D eigenvalue weighted by molar-refractivity contribution is 9.10. The molecule has 2 rings (SSSR count). The summed E-state index contributed by atoms with van der Waals surface area (Å²) in [6.45, 7) is 12.4. The summed E-state index contributed by atoms with van der Waals surface area (Å²) in [4.78, 5) is 2.56. The predicted octanol–water partition coefficient (Wildman–Crippen LogP) is 4.82. The van der Waals surface area contributed by atoms with Crippen LogP contribution < -0.4 is 10.2 Å². The fraction of sp³-hybridized carbons (Fsp3) is 0.667. The number of nitrogens with zero attached hydrogens (tertiary/aromatic N) is 1. The predicted molar refractivity (Wildman–Crippen MR) is 95.9 cm³/mol. The Balaban J connectivity index is 2.04. The highest BCUT2D eigenvalue weighted by Crippen LogP contribution is 2.33. The third kappa shape index (κ3) is 4.72. The van der Waals surface area contributed by atoms with Gasteiger partial charge in [0.1, 0.15) is 0 Å². The van der Waals surface area contributed by atoms with Crippen LogP contribution in [0.4, 0.5) is 5.69 Å². The summed E-state index contributed by atoms with van der Waals surface area (Å²) in [7, 11) is 0. The first-order valence-electron chi connectivity index (χ1n) is 8.23. The number of piperidine rings is 1. The molecule has 0 spiro atoms. The van der Waals surface area contributed by atoms with E-state index in [2.05, 4.69) is 72.0 Å². The van der Waals surface area contributed by atoms with Gasteiger partial charge in [0.15, 0.2) is 0 Å². The Morgan fingerprint density at radius 3 is 2.71 bits per heavy atom. The molecule has 1 aliphatic heterocycles. The van der Waals surface area contributed by atoms with Gasteiger partial charge in [-0.25, -0.2) is 0 Å². The van der Waals surface area contributed by atoms with E-state index >= 15 is 0 Å². The summed E-state index contributed by atoms with van der Waals surface area (Å²) in [5.74, 6) is 1.49. The van der Waals surface area contributed by atoms with E-state index in [0.29, 0.717) is 12.0 Å². The molecule has 1 aromatic rings. The van der Waals surface area contributed by atoms with Gasteiger partial charge in [-0.05, 0) is 71.8 Å². The second kappa shape index (κ2) is 7.64. The van der Waals surface area contributed by atoms with E-state index in [1.807, 2.05) is 0 Å². The summed E-state index contributed by atoms with van der Waals surface area (Å²) >= 11 is 3.78. The van der Waals surface area contributed by atoms with Crippen LogP contribution in [-0.2, 0) is 6.54 Å². The summed E-state index contributed by atoms with van der Waals surface area (Å²) in [5.41, 5.74) is 2.70. The number of nitrogens with one attached hydrogen (secondary N) is 1. The zero-order chi connectivity index (χ0) is 15.4. The Bertz CT molecular complexity index is 459. The minimum Gasteiger partial charge on any atom is -0.368 e. The molecule has 3 heteroatoms. The molecule has 1 aliphatic rings. The highest BCUT2D eigenvalue weighted by Gasteiger charge is 2.24. The van der Waals surface area contributed by atoms with Crippen molar-refractivity contribution in [1.82, 2.24) is 5.32 Å². The molecule has 2 nitrogen and oxygen atoms in total. The van der Waals surface area contributed by atoms with Crippen molar-refractivity contribution in [3.63, 3.8) is 0 Å². The van der Waals surface area contributed by atoms with Crippen LogP contribution in [0.25, 0.3) is 0 Å². The SMILES string of the molecule is CC(C)CNCc1ccc(N2CC(C)CCC2C)c(Br)c1. The van der Waals surface area contributed by atoms with Gasteiger partial charge in [0.25, 0.3) is 0 Å². The summed E-state index contributed by atoms with van der Waals surface area (Å²) in [5, 5.41) is 3.51. The van der Waals surface area contributed by atoms with Gasteiger partial charge < -0.3 is 10.2 Å². The van der Waals surface area contributed by atoms with Crippen LogP contribution in [0.15, 0.2) is 22.7 Å². The Morgan fingerprint density at radius 2 is 2.05 bits per heavy atom. The molecule has 2 atom stereocenters. The molecule has 0 amide bonds. The van der Waals surface area contributed by atoms with Crippen LogP contribution in [0.2, 0.25) is 0 Å². The molecule has 1 fully saturated rings. The molecule has 1 aromatic carbocycles. The van der Waals surface area contributed by atoms with Gasteiger partial charge in [-0.15, -0.1) is 0 Å². The van der Waals surface area contributed by atoms with Crippen molar-refractivity contribution in [2.24, 2.45) is 11.8 Å². The van der Waals surface area contributed by atoms with Crippen molar-refractivity contribution < 1.29 is 0 Å². The first-order valence-corrected chi connectivity index (χ1v) is 9.02. The van der Waals surface area contributed by atoms with E-state index in [9.17, 15) is 0 Å². The molecule has 0 bridgehead atoms. The molecule has 2 unspecified atom stereocenters. The van der Waals surface area contributed by atoms with Gasteiger partial charge in [0, 0.05) is 23.6 Å². The van der Waals surface area contributed by atoms with Crippen LogP contribution in [-0.4, -0.2) is 19.1 Å². The quantitative estimate of drug-likeness (QED) is 0.816. The first-order chi connectivity index (χ1) is 9.97. The molecule has 0 aromatic heterocycles. The van der Waals surface area contributed by atoms with Crippen molar-refractivity contribution in [2.45, 2.75) is 53.1 Å². The minimum absolute atomic E-state index is 0.641. The Hall–Kier alpha value is -0.540. The summed E-state index contributed by atoms with van der Waals surface area (Å²) in [6.07, 6.45) is 2.65. The number of anilines is 1. The standard InChI is InChI=1S/C18H29BrN2/c1-13(2)10-20-11-16-7-8-18(17(19)9-16)21-12-14(3)5-6-15(21)4/h7-9,13-15,20H,5-6,10-12H2,1-4H3. The fourth-order valence-electron chi connectivity index (χ4n) is 3.02. The minimum atomic E-state index is 0.641. The first kappa shape index (κ1) is 16.8. The second-order valence-electron chi connectivity index (χ2n) is 6.99. The average molecular weight is 353 g/mol. The third-order valence-electron chi connectivity index (χ3n) is 4.32. The number of halogens is 1. The number of benzene rings is 1. The maximum absolute atomic E-state index is 3.78. The van der Waals surface area contributed by atoms with Crippen molar-refractivity contribution in [2.75, 3.05) is 18.0 Å². The van der Waals surface area contributed by atoms with Gasteiger partial charge >= 0.3 is 0 Å². The molecule has 118 valence electrons. The van der Waals surface area contributed by atoms with Crippen LogP contribution in [0, 0.1) is 11.8 Å². The lowest BCUT2D eigenvalue weighted by Crippen LogP contribution is -2.41. The largest absolute Gasteiger partial charge is 0.368 e.